The summed E-state index contributed by atoms with van der Waals surface area (Å²) in [7, 11) is 3.52. The van der Waals surface area contributed by atoms with E-state index in [0.717, 1.165) is 37.0 Å². The van der Waals surface area contributed by atoms with Gasteiger partial charge in [-0.25, -0.2) is 0 Å². The second-order valence-corrected chi connectivity index (χ2v) is 7.17. The normalized spacial score (nSPS) is 17.2. The fourth-order valence-corrected chi connectivity index (χ4v) is 3.54. The summed E-state index contributed by atoms with van der Waals surface area (Å²) in [6, 6.07) is 16.8. The first-order chi connectivity index (χ1) is 13.2. The van der Waals surface area contributed by atoms with Crippen LogP contribution in [0, 0.1) is 0 Å². The maximum atomic E-state index is 6.12. The first-order valence-electron chi connectivity index (χ1n) is 9.22. The van der Waals surface area contributed by atoms with Crippen molar-refractivity contribution in [3.63, 3.8) is 0 Å². The van der Waals surface area contributed by atoms with Gasteiger partial charge in [-0.1, -0.05) is 41.9 Å². The van der Waals surface area contributed by atoms with Crippen molar-refractivity contribution in [1.82, 2.24) is 10.6 Å². The largest absolute Gasteiger partial charge is 0.380 e. The molecule has 1 saturated heterocycles. The van der Waals surface area contributed by atoms with Crippen LogP contribution < -0.4 is 15.5 Å². The molecule has 0 spiro atoms. The first-order valence-corrected chi connectivity index (χ1v) is 9.60. The van der Waals surface area contributed by atoms with Gasteiger partial charge in [-0.15, -0.1) is 0 Å². The number of rotatable bonds is 6. The van der Waals surface area contributed by atoms with E-state index in [-0.39, 0.29) is 0 Å². The van der Waals surface area contributed by atoms with Crippen molar-refractivity contribution in [2.75, 3.05) is 32.1 Å². The number of nitrogens with one attached hydrogen (secondary N) is 2. The fourth-order valence-electron chi connectivity index (χ4n) is 3.36. The zero-order chi connectivity index (χ0) is 19.1. The molecule has 0 saturated carbocycles. The van der Waals surface area contributed by atoms with Gasteiger partial charge in [0.25, 0.3) is 0 Å². The summed E-state index contributed by atoms with van der Waals surface area (Å²) in [6.07, 6.45) is 1.07. The van der Waals surface area contributed by atoms with Crippen molar-refractivity contribution in [3.05, 3.63) is 64.7 Å². The van der Waals surface area contributed by atoms with Crippen LogP contribution in [0.2, 0.25) is 5.02 Å². The molecule has 0 aliphatic carbocycles. The van der Waals surface area contributed by atoms with E-state index in [1.54, 1.807) is 14.2 Å². The summed E-state index contributed by atoms with van der Waals surface area (Å²) in [5, 5.41) is 7.71. The molecule has 0 bridgehead atoms. The smallest absolute Gasteiger partial charge is 0.191 e. The summed E-state index contributed by atoms with van der Waals surface area (Å²) in [5.74, 6) is 0.824. The molecule has 0 aromatic heterocycles. The molecule has 2 N–H and O–H groups in total. The van der Waals surface area contributed by atoms with E-state index in [1.165, 1.54) is 16.8 Å². The standard InChI is InChI=1S/C21H27ClN4O/c1-23-21(24-13-16-5-3-6-17(11-16)15-27-2)25-19-9-10-26(14-19)20-8-4-7-18(22)12-20/h3-8,11-12,19H,9-10,13-15H2,1-2H3,(H2,23,24,25). The second kappa shape index (κ2) is 9.62. The van der Waals surface area contributed by atoms with Gasteiger partial charge in [-0.3, -0.25) is 4.99 Å². The van der Waals surface area contributed by atoms with E-state index >= 15 is 0 Å². The number of guanidine groups is 1. The lowest BCUT2D eigenvalue weighted by Gasteiger charge is -2.20. The van der Waals surface area contributed by atoms with E-state index < -0.39 is 0 Å². The molecule has 3 rings (SSSR count). The number of methoxy groups -OCH3 is 1. The molecule has 144 valence electrons. The Hall–Kier alpha value is -2.24. The van der Waals surface area contributed by atoms with Crippen molar-refractivity contribution in [2.45, 2.75) is 25.6 Å². The molecule has 1 unspecified atom stereocenters. The summed E-state index contributed by atoms with van der Waals surface area (Å²) < 4.78 is 5.20. The van der Waals surface area contributed by atoms with E-state index in [4.69, 9.17) is 16.3 Å². The maximum absolute atomic E-state index is 6.12. The van der Waals surface area contributed by atoms with Crippen LogP contribution in [0.1, 0.15) is 17.5 Å². The molecular formula is C21H27ClN4O. The van der Waals surface area contributed by atoms with Gasteiger partial charge in [0.05, 0.1) is 6.61 Å². The monoisotopic (exact) mass is 386 g/mol. The lowest BCUT2D eigenvalue weighted by atomic mass is 10.1. The Labute approximate surface area is 166 Å². The SMILES string of the molecule is CN=C(NCc1cccc(COC)c1)NC1CCN(c2cccc(Cl)c2)C1. The van der Waals surface area contributed by atoms with Gasteiger partial charge in [0.1, 0.15) is 0 Å². The summed E-state index contributed by atoms with van der Waals surface area (Å²) in [4.78, 5) is 6.72. The van der Waals surface area contributed by atoms with Crippen LogP contribution in [0.15, 0.2) is 53.5 Å². The van der Waals surface area contributed by atoms with E-state index in [2.05, 4.69) is 50.9 Å². The van der Waals surface area contributed by atoms with Crippen LogP contribution in [-0.2, 0) is 17.9 Å². The average molecular weight is 387 g/mol. The number of ether oxygens (including phenoxy) is 1. The molecular weight excluding hydrogens is 360 g/mol. The van der Waals surface area contributed by atoms with Crippen molar-refractivity contribution >= 4 is 23.2 Å². The Morgan fingerprint density at radius 1 is 1.22 bits per heavy atom. The average Bonchev–Trinajstić information content (AvgIpc) is 3.14. The third kappa shape index (κ3) is 5.62. The number of hydrogen-bond donors (Lipinski definition) is 2. The Kier molecular flexibility index (Phi) is 6.96. The minimum absolute atomic E-state index is 0.356. The Morgan fingerprint density at radius 3 is 2.81 bits per heavy atom. The zero-order valence-electron chi connectivity index (χ0n) is 15.9. The van der Waals surface area contributed by atoms with Crippen molar-refractivity contribution in [2.24, 2.45) is 4.99 Å². The van der Waals surface area contributed by atoms with Crippen LogP contribution in [0.5, 0.6) is 0 Å². The molecule has 2 aromatic carbocycles. The molecule has 1 fully saturated rings. The lowest BCUT2D eigenvalue weighted by Crippen LogP contribution is -2.44. The van der Waals surface area contributed by atoms with Crippen molar-refractivity contribution in [1.29, 1.82) is 0 Å². The van der Waals surface area contributed by atoms with Gasteiger partial charge < -0.3 is 20.3 Å². The highest BCUT2D eigenvalue weighted by atomic mass is 35.5. The predicted molar refractivity (Wildman–Crippen MR) is 113 cm³/mol. The zero-order valence-corrected chi connectivity index (χ0v) is 16.7. The predicted octanol–water partition coefficient (Wildman–Crippen LogP) is 3.43. The summed E-state index contributed by atoms with van der Waals surface area (Å²) in [6.45, 7) is 3.29. The fraction of sp³-hybridized carbons (Fsp3) is 0.381. The Balaban J connectivity index is 1.51. The molecule has 27 heavy (non-hydrogen) atoms. The van der Waals surface area contributed by atoms with Crippen LogP contribution in [-0.4, -0.2) is 39.2 Å². The summed E-state index contributed by atoms with van der Waals surface area (Å²) >= 11 is 6.12. The van der Waals surface area contributed by atoms with E-state index in [0.29, 0.717) is 12.6 Å². The highest BCUT2D eigenvalue weighted by Gasteiger charge is 2.23. The van der Waals surface area contributed by atoms with Crippen molar-refractivity contribution < 1.29 is 4.74 Å². The Bertz CT molecular complexity index is 780. The van der Waals surface area contributed by atoms with Crippen molar-refractivity contribution in [3.8, 4) is 0 Å². The van der Waals surface area contributed by atoms with Crippen LogP contribution in [0.3, 0.4) is 0 Å². The van der Waals surface area contributed by atoms with Crippen LogP contribution in [0.25, 0.3) is 0 Å². The number of benzene rings is 2. The third-order valence-electron chi connectivity index (χ3n) is 4.69. The molecule has 1 aliphatic rings. The third-order valence-corrected chi connectivity index (χ3v) is 4.92. The maximum Gasteiger partial charge on any atom is 0.191 e. The lowest BCUT2D eigenvalue weighted by molar-refractivity contribution is 0.185. The number of aliphatic imine (C=N–C) groups is 1. The number of hydrogen-bond acceptors (Lipinski definition) is 3. The molecule has 0 radical (unpaired) electrons. The van der Waals surface area contributed by atoms with Gasteiger partial charge in [0, 0.05) is 50.5 Å². The minimum atomic E-state index is 0.356. The van der Waals surface area contributed by atoms with Gasteiger partial charge in [0.15, 0.2) is 5.96 Å². The molecule has 1 aliphatic heterocycles. The molecule has 0 amide bonds. The number of anilines is 1. The van der Waals surface area contributed by atoms with Gasteiger partial charge in [-0.2, -0.15) is 0 Å². The summed E-state index contributed by atoms with van der Waals surface area (Å²) in [5.41, 5.74) is 3.55. The van der Waals surface area contributed by atoms with Gasteiger partial charge in [0.2, 0.25) is 0 Å². The quantitative estimate of drug-likeness (QED) is 0.590. The van der Waals surface area contributed by atoms with Gasteiger partial charge in [-0.05, 0) is 35.7 Å². The topological polar surface area (TPSA) is 48.9 Å². The van der Waals surface area contributed by atoms with E-state index in [1.807, 2.05) is 18.2 Å². The highest BCUT2D eigenvalue weighted by Crippen LogP contribution is 2.23. The van der Waals surface area contributed by atoms with E-state index in [9.17, 15) is 0 Å². The molecule has 1 heterocycles. The molecule has 1 atom stereocenters. The Morgan fingerprint density at radius 2 is 2.04 bits per heavy atom. The van der Waals surface area contributed by atoms with Crippen LogP contribution >= 0.6 is 11.6 Å². The molecule has 2 aromatic rings. The second-order valence-electron chi connectivity index (χ2n) is 6.73. The highest BCUT2D eigenvalue weighted by molar-refractivity contribution is 6.30. The number of halogens is 1. The molecule has 6 heteroatoms. The van der Waals surface area contributed by atoms with Gasteiger partial charge >= 0.3 is 0 Å². The molecule has 5 nitrogen and oxygen atoms in total. The first kappa shape index (κ1) is 19.5. The minimum Gasteiger partial charge on any atom is -0.380 e. The van der Waals surface area contributed by atoms with Crippen LogP contribution in [0.4, 0.5) is 5.69 Å². The number of nitrogens with zero attached hydrogens (tertiary/aromatic N) is 2.